The molecule has 3 rings (SSSR count). The topological polar surface area (TPSA) is 46.2 Å². The second-order valence-corrected chi connectivity index (χ2v) is 6.74. The van der Waals surface area contributed by atoms with Crippen LogP contribution in [-0.4, -0.2) is 8.42 Å². The summed E-state index contributed by atoms with van der Waals surface area (Å²) < 4.78 is 27.3. The lowest BCUT2D eigenvalue weighted by Crippen LogP contribution is -2.12. The molecule has 0 fully saturated rings. The monoisotopic (exact) mass is 317 g/mol. The summed E-state index contributed by atoms with van der Waals surface area (Å²) in [6.07, 6.45) is 0. The minimum Gasteiger partial charge on any atom is -0.280 e. The molecule has 0 aliphatic heterocycles. The van der Waals surface area contributed by atoms with Gasteiger partial charge in [-0.3, -0.25) is 4.72 Å². The van der Waals surface area contributed by atoms with Gasteiger partial charge in [-0.15, -0.1) is 0 Å². The summed E-state index contributed by atoms with van der Waals surface area (Å²) in [4.78, 5) is 0.223. The average molecular weight is 318 g/mol. The lowest BCUT2D eigenvalue weighted by molar-refractivity contribution is 0.601. The van der Waals surface area contributed by atoms with Crippen LogP contribution in [0.2, 0.25) is 5.02 Å². The van der Waals surface area contributed by atoms with Crippen molar-refractivity contribution in [1.82, 2.24) is 0 Å². The number of nitrogens with one attached hydrogen (secondary N) is 1. The van der Waals surface area contributed by atoms with E-state index in [1.54, 1.807) is 42.5 Å². The fourth-order valence-electron chi connectivity index (χ4n) is 2.10. The molecule has 0 radical (unpaired) electrons. The van der Waals surface area contributed by atoms with Crippen LogP contribution in [0.3, 0.4) is 0 Å². The molecular weight excluding hydrogens is 306 g/mol. The summed E-state index contributed by atoms with van der Waals surface area (Å²) in [5.74, 6) is 0. The van der Waals surface area contributed by atoms with Gasteiger partial charge in [-0.05, 0) is 41.1 Å². The predicted molar refractivity (Wildman–Crippen MR) is 86.2 cm³/mol. The summed E-state index contributed by atoms with van der Waals surface area (Å²) >= 11 is 5.86. The van der Waals surface area contributed by atoms with Gasteiger partial charge in [0, 0.05) is 5.02 Å². The Morgan fingerprint density at radius 2 is 1.57 bits per heavy atom. The minimum absolute atomic E-state index is 0.223. The summed E-state index contributed by atoms with van der Waals surface area (Å²) in [6.45, 7) is 0. The highest BCUT2D eigenvalue weighted by molar-refractivity contribution is 7.92. The molecule has 0 aromatic heterocycles. The molecule has 0 aliphatic carbocycles. The molecule has 0 atom stereocenters. The van der Waals surface area contributed by atoms with Crippen molar-refractivity contribution >= 4 is 38.1 Å². The summed E-state index contributed by atoms with van der Waals surface area (Å²) in [7, 11) is -3.63. The number of anilines is 1. The van der Waals surface area contributed by atoms with Gasteiger partial charge in [0.2, 0.25) is 0 Å². The summed E-state index contributed by atoms with van der Waals surface area (Å²) in [5, 5.41) is 2.36. The third kappa shape index (κ3) is 3.01. The highest BCUT2D eigenvalue weighted by Crippen LogP contribution is 2.22. The molecular formula is C16H12ClNO2S. The first kappa shape index (κ1) is 13.9. The van der Waals surface area contributed by atoms with Crippen LogP contribution in [0.25, 0.3) is 10.8 Å². The third-order valence-electron chi connectivity index (χ3n) is 3.11. The van der Waals surface area contributed by atoms with Crippen LogP contribution < -0.4 is 4.72 Å². The van der Waals surface area contributed by atoms with Gasteiger partial charge in [-0.25, -0.2) is 8.42 Å². The highest BCUT2D eigenvalue weighted by atomic mass is 35.5. The van der Waals surface area contributed by atoms with E-state index in [0.29, 0.717) is 10.7 Å². The van der Waals surface area contributed by atoms with Crippen molar-refractivity contribution in [2.45, 2.75) is 4.90 Å². The smallest absolute Gasteiger partial charge is 0.261 e. The largest absolute Gasteiger partial charge is 0.280 e. The van der Waals surface area contributed by atoms with Crippen molar-refractivity contribution in [3.05, 3.63) is 71.8 Å². The second kappa shape index (κ2) is 5.39. The van der Waals surface area contributed by atoms with Crippen LogP contribution in [0.4, 0.5) is 5.69 Å². The Kier molecular flexibility index (Phi) is 3.57. The number of hydrogen-bond acceptors (Lipinski definition) is 2. The van der Waals surface area contributed by atoms with E-state index in [1.165, 1.54) is 0 Å². The molecule has 106 valence electrons. The fraction of sp³-hybridized carbons (Fsp3) is 0. The van der Waals surface area contributed by atoms with Crippen LogP contribution in [0.15, 0.2) is 71.6 Å². The standard InChI is InChI=1S/C16H12ClNO2S/c17-14-6-3-7-15(11-14)18-21(19,20)16-9-8-12-4-1-2-5-13(12)10-16/h1-11,18H. The van der Waals surface area contributed by atoms with E-state index >= 15 is 0 Å². The molecule has 3 nitrogen and oxygen atoms in total. The Labute approximate surface area is 128 Å². The van der Waals surface area contributed by atoms with Crippen LogP contribution >= 0.6 is 11.6 Å². The molecule has 1 N–H and O–H groups in total. The number of sulfonamides is 1. The molecule has 21 heavy (non-hydrogen) atoms. The third-order valence-corrected chi connectivity index (χ3v) is 4.72. The van der Waals surface area contributed by atoms with Crippen molar-refractivity contribution in [2.75, 3.05) is 4.72 Å². The lowest BCUT2D eigenvalue weighted by atomic mass is 10.1. The van der Waals surface area contributed by atoms with Gasteiger partial charge in [0.25, 0.3) is 10.0 Å². The van der Waals surface area contributed by atoms with E-state index in [1.807, 2.05) is 24.3 Å². The molecule has 0 amide bonds. The molecule has 3 aromatic carbocycles. The first-order chi connectivity index (χ1) is 10.0. The Hall–Kier alpha value is -2.04. The summed E-state index contributed by atoms with van der Waals surface area (Å²) in [5.41, 5.74) is 0.440. The molecule has 3 aromatic rings. The van der Waals surface area contributed by atoms with Crippen LogP contribution in [0.5, 0.6) is 0 Å². The lowest BCUT2D eigenvalue weighted by Gasteiger charge is -2.09. The quantitative estimate of drug-likeness (QED) is 0.783. The molecule has 0 heterocycles. The first-order valence-electron chi connectivity index (χ1n) is 6.32. The molecule has 0 bridgehead atoms. The van der Waals surface area contributed by atoms with Gasteiger partial charge >= 0.3 is 0 Å². The van der Waals surface area contributed by atoms with Gasteiger partial charge in [0.05, 0.1) is 10.6 Å². The Balaban J connectivity index is 2.00. The van der Waals surface area contributed by atoms with Crippen molar-refractivity contribution in [3.63, 3.8) is 0 Å². The fourth-order valence-corrected chi connectivity index (χ4v) is 3.38. The van der Waals surface area contributed by atoms with Crippen LogP contribution in [-0.2, 0) is 10.0 Å². The molecule has 0 aliphatic rings. The molecule has 5 heteroatoms. The Morgan fingerprint density at radius 1 is 0.810 bits per heavy atom. The van der Waals surface area contributed by atoms with Gasteiger partial charge in [0.1, 0.15) is 0 Å². The van der Waals surface area contributed by atoms with Crippen molar-refractivity contribution < 1.29 is 8.42 Å². The molecule has 0 unspecified atom stereocenters. The maximum Gasteiger partial charge on any atom is 0.261 e. The molecule has 0 spiro atoms. The van der Waals surface area contributed by atoms with E-state index in [9.17, 15) is 8.42 Å². The van der Waals surface area contributed by atoms with Crippen LogP contribution in [0, 0.1) is 0 Å². The van der Waals surface area contributed by atoms with Gasteiger partial charge in [0.15, 0.2) is 0 Å². The maximum atomic E-state index is 12.4. The maximum absolute atomic E-state index is 12.4. The number of halogens is 1. The van der Waals surface area contributed by atoms with E-state index in [-0.39, 0.29) is 4.90 Å². The van der Waals surface area contributed by atoms with Crippen LogP contribution in [0.1, 0.15) is 0 Å². The number of fused-ring (bicyclic) bond motifs is 1. The molecule has 0 saturated heterocycles. The second-order valence-electron chi connectivity index (χ2n) is 4.62. The zero-order valence-electron chi connectivity index (χ0n) is 11.0. The number of benzene rings is 3. The number of hydrogen-bond donors (Lipinski definition) is 1. The van der Waals surface area contributed by atoms with Crippen molar-refractivity contribution in [1.29, 1.82) is 0 Å². The van der Waals surface area contributed by atoms with E-state index < -0.39 is 10.0 Å². The van der Waals surface area contributed by atoms with Gasteiger partial charge in [-0.1, -0.05) is 48.0 Å². The highest BCUT2D eigenvalue weighted by Gasteiger charge is 2.14. The van der Waals surface area contributed by atoms with Crippen molar-refractivity contribution in [2.24, 2.45) is 0 Å². The zero-order chi connectivity index (χ0) is 14.9. The Morgan fingerprint density at radius 3 is 2.33 bits per heavy atom. The van der Waals surface area contributed by atoms with E-state index in [2.05, 4.69) is 4.72 Å². The molecule has 0 saturated carbocycles. The normalized spacial score (nSPS) is 11.5. The van der Waals surface area contributed by atoms with Crippen molar-refractivity contribution in [3.8, 4) is 0 Å². The van der Waals surface area contributed by atoms with E-state index in [4.69, 9.17) is 11.6 Å². The first-order valence-corrected chi connectivity index (χ1v) is 8.18. The number of rotatable bonds is 3. The zero-order valence-corrected chi connectivity index (χ0v) is 12.5. The predicted octanol–water partition coefficient (Wildman–Crippen LogP) is 4.29. The van der Waals surface area contributed by atoms with Gasteiger partial charge < -0.3 is 0 Å². The Bertz CT molecular complexity index is 907. The minimum atomic E-state index is -3.63. The summed E-state index contributed by atoms with van der Waals surface area (Å²) in [6, 6.07) is 19.3. The van der Waals surface area contributed by atoms with Gasteiger partial charge in [-0.2, -0.15) is 0 Å². The van der Waals surface area contributed by atoms with E-state index in [0.717, 1.165) is 10.8 Å². The average Bonchev–Trinajstić information content (AvgIpc) is 2.46. The SMILES string of the molecule is O=S(=O)(Nc1cccc(Cl)c1)c1ccc2ccccc2c1.